The lowest BCUT2D eigenvalue weighted by Crippen LogP contribution is -2.19. The first-order chi connectivity index (χ1) is 9.65. The molecule has 0 bridgehead atoms. The van der Waals surface area contributed by atoms with Crippen molar-refractivity contribution >= 4 is 15.9 Å². The Balaban J connectivity index is 1.98. The van der Waals surface area contributed by atoms with Crippen LogP contribution in [0.25, 0.3) is 0 Å². The van der Waals surface area contributed by atoms with Gasteiger partial charge in [0.25, 0.3) is 0 Å². The third-order valence-corrected chi connectivity index (χ3v) is 3.50. The zero-order valence-electron chi connectivity index (χ0n) is 11.8. The van der Waals surface area contributed by atoms with Crippen molar-refractivity contribution in [2.45, 2.75) is 20.4 Å². The molecule has 0 aliphatic heterocycles. The molecule has 2 aromatic rings. The zero-order chi connectivity index (χ0) is 14.4. The molecule has 4 heteroatoms. The van der Waals surface area contributed by atoms with Crippen LogP contribution >= 0.6 is 15.9 Å². The fourth-order valence-corrected chi connectivity index (χ4v) is 2.27. The predicted molar refractivity (Wildman–Crippen MR) is 85.0 cm³/mol. The first kappa shape index (κ1) is 15.0. The van der Waals surface area contributed by atoms with Gasteiger partial charge in [-0.25, -0.2) is 0 Å². The Bertz CT molecular complexity index is 543. The van der Waals surface area contributed by atoms with Gasteiger partial charge in [-0.1, -0.05) is 35.8 Å². The van der Waals surface area contributed by atoms with Crippen LogP contribution in [0.1, 0.15) is 19.4 Å². The van der Waals surface area contributed by atoms with Gasteiger partial charge in [0.15, 0.2) is 0 Å². The number of nitrogens with zero attached hydrogens (tertiary/aromatic N) is 1. The smallest absolute Gasteiger partial charge is 0.145 e. The highest BCUT2D eigenvalue weighted by Crippen LogP contribution is 2.26. The lowest BCUT2D eigenvalue weighted by Gasteiger charge is -2.11. The molecule has 0 radical (unpaired) electrons. The molecule has 0 fully saturated rings. The van der Waals surface area contributed by atoms with Crippen molar-refractivity contribution in [2.24, 2.45) is 5.92 Å². The van der Waals surface area contributed by atoms with Crippen LogP contribution in [0.3, 0.4) is 0 Å². The van der Waals surface area contributed by atoms with E-state index in [0.29, 0.717) is 5.92 Å². The van der Waals surface area contributed by atoms with Crippen LogP contribution < -0.4 is 10.1 Å². The Morgan fingerprint density at radius 3 is 2.75 bits per heavy atom. The quantitative estimate of drug-likeness (QED) is 0.851. The van der Waals surface area contributed by atoms with Gasteiger partial charge in [-0.05, 0) is 42.3 Å². The first-order valence-electron chi connectivity index (χ1n) is 6.72. The van der Waals surface area contributed by atoms with Gasteiger partial charge in [0.2, 0.25) is 0 Å². The lowest BCUT2D eigenvalue weighted by molar-refractivity contribution is 0.479. The van der Waals surface area contributed by atoms with Crippen LogP contribution in [0.15, 0.2) is 47.2 Å². The average Bonchev–Trinajstić information content (AvgIpc) is 2.42. The van der Waals surface area contributed by atoms with E-state index in [1.54, 1.807) is 12.4 Å². The Morgan fingerprint density at radius 2 is 2.10 bits per heavy atom. The van der Waals surface area contributed by atoms with Crippen molar-refractivity contribution in [1.82, 2.24) is 10.3 Å². The molecule has 0 saturated heterocycles. The average molecular weight is 335 g/mol. The van der Waals surface area contributed by atoms with E-state index in [0.717, 1.165) is 29.1 Å². The Hall–Kier alpha value is -1.39. The van der Waals surface area contributed by atoms with Crippen LogP contribution in [0.4, 0.5) is 0 Å². The van der Waals surface area contributed by atoms with Crippen molar-refractivity contribution in [3.63, 3.8) is 0 Å². The highest BCUT2D eigenvalue weighted by atomic mass is 79.9. The maximum Gasteiger partial charge on any atom is 0.145 e. The highest BCUT2D eigenvalue weighted by Gasteiger charge is 2.04. The van der Waals surface area contributed by atoms with Gasteiger partial charge in [0.05, 0.1) is 6.20 Å². The van der Waals surface area contributed by atoms with E-state index in [4.69, 9.17) is 4.74 Å². The molecule has 20 heavy (non-hydrogen) atoms. The molecule has 0 aliphatic rings. The van der Waals surface area contributed by atoms with E-state index in [1.165, 1.54) is 5.56 Å². The molecule has 0 amide bonds. The van der Waals surface area contributed by atoms with Gasteiger partial charge >= 0.3 is 0 Å². The lowest BCUT2D eigenvalue weighted by atomic mass is 10.2. The largest absolute Gasteiger partial charge is 0.456 e. The molecule has 0 spiro atoms. The van der Waals surface area contributed by atoms with E-state index in [9.17, 15) is 0 Å². The third-order valence-electron chi connectivity index (χ3n) is 2.76. The SMILES string of the molecule is CC(C)CNCc1ccc(Oc2cccnc2)cc1Br. The minimum Gasteiger partial charge on any atom is -0.456 e. The predicted octanol–water partition coefficient (Wildman–Crippen LogP) is 4.38. The molecule has 3 nitrogen and oxygen atoms in total. The van der Waals surface area contributed by atoms with Crippen LogP contribution in [0.5, 0.6) is 11.5 Å². The van der Waals surface area contributed by atoms with E-state index in [-0.39, 0.29) is 0 Å². The molecule has 1 N–H and O–H groups in total. The molecule has 1 aromatic carbocycles. The summed E-state index contributed by atoms with van der Waals surface area (Å²) in [6.45, 7) is 6.27. The zero-order valence-corrected chi connectivity index (χ0v) is 13.4. The summed E-state index contributed by atoms with van der Waals surface area (Å²) in [6.07, 6.45) is 3.43. The highest BCUT2D eigenvalue weighted by molar-refractivity contribution is 9.10. The van der Waals surface area contributed by atoms with Crippen molar-refractivity contribution < 1.29 is 4.74 Å². The van der Waals surface area contributed by atoms with Gasteiger partial charge in [0, 0.05) is 17.2 Å². The van der Waals surface area contributed by atoms with Gasteiger partial charge in [-0.15, -0.1) is 0 Å². The number of ether oxygens (including phenoxy) is 1. The van der Waals surface area contributed by atoms with E-state index in [1.807, 2.05) is 24.3 Å². The fourth-order valence-electron chi connectivity index (χ4n) is 1.77. The summed E-state index contributed by atoms with van der Waals surface area (Å²) in [6, 6.07) is 9.78. The number of halogens is 1. The number of hydrogen-bond acceptors (Lipinski definition) is 3. The summed E-state index contributed by atoms with van der Waals surface area (Å²) in [5.41, 5.74) is 1.23. The second-order valence-electron chi connectivity index (χ2n) is 5.07. The van der Waals surface area contributed by atoms with Gasteiger partial charge in [0.1, 0.15) is 11.5 Å². The standard InChI is InChI=1S/C16H19BrN2O/c1-12(2)9-19-10-13-5-6-14(8-16(13)17)20-15-4-3-7-18-11-15/h3-8,11-12,19H,9-10H2,1-2H3. The topological polar surface area (TPSA) is 34.1 Å². The number of nitrogens with one attached hydrogen (secondary N) is 1. The van der Waals surface area contributed by atoms with Crippen LogP contribution in [0.2, 0.25) is 0 Å². The Morgan fingerprint density at radius 1 is 1.25 bits per heavy atom. The summed E-state index contributed by atoms with van der Waals surface area (Å²) >= 11 is 3.59. The Labute approximate surface area is 128 Å². The maximum atomic E-state index is 5.74. The van der Waals surface area contributed by atoms with Gasteiger partial charge in [-0.2, -0.15) is 0 Å². The minimum atomic E-state index is 0.655. The second-order valence-corrected chi connectivity index (χ2v) is 5.92. The monoisotopic (exact) mass is 334 g/mol. The normalized spacial score (nSPS) is 10.8. The van der Waals surface area contributed by atoms with Crippen LogP contribution in [-0.2, 0) is 6.54 Å². The molecule has 106 valence electrons. The molecular weight excluding hydrogens is 316 g/mol. The first-order valence-corrected chi connectivity index (χ1v) is 7.51. The molecule has 0 atom stereocenters. The maximum absolute atomic E-state index is 5.74. The summed E-state index contributed by atoms with van der Waals surface area (Å²) in [5.74, 6) is 2.20. The van der Waals surface area contributed by atoms with Crippen molar-refractivity contribution in [3.05, 3.63) is 52.8 Å². The number of aromatic nitrogens is 1. The molecule has 1 aromatic heterocycles. The summed E-state index contributed by atoms with van der Waals surface area (Å²) in [5, 5.41) is 3.43. The van der Waals surface area contributed by atoms with E-state index >= 15 is 0 Å². The fraction of sp³-hybridized carbons (Fsp3) is 0.312. The molecule has 0 aliphatic carbocycles. The molecule has 1 heterocycles. The second kappa shape index (κ2) is 7.41. The number of benzene rings is 1. The summed E-state index contributed by atoms with van der Waals surface area (Å²) in [4.78, 5) is 4.03. The number of rotatable bonds is 6. The van der Waals surface area contributed by atoms with Crippen LogP contribution in [0, 0.1) is 5.92 Å². The van der Waals surface area contributed by atoms with Crippen LogP contribution in [-0.4, -0.2) is 11.5 Å². The number of hydrogen-bond donors (Lipinski definition) is 1. The molecular formula is C16H19BrN2O. The van der Waals surface area contributed by atoms with Crippen molar-refractivity contribution in [2.75, 3.05) is 6.54 Å². The number of pyridine rings is 1. The molecule has 0 unspecified atom stereocenters. The van der Waals surface area contributed by atoms with E-state index < -0.39 is 0 Å². The summed E-state index contributed by atoms with van der Waals surface area (Å²) < 4.78 is 6.80. The third kappa shape index (κ3) is 4.62. The van der Waals surface area contributed by atoms with Gasteiger partial charge in [-0.3, -0.25) is 4.98 Å². The molecule has 2 rings (SSSR count). The Kier molecular flexibility index (Phi) is 5.56. The minimum absolute atomic E-state index is 0.655. The van der Waals surface area contributed by atoms with Crippen molar-refractivity contribution in [3.8, 4) is 11.5 Å². The van der Waals surface area contributed by atoms with Gasteiger partial charge < -0.3 is 10.1 Å². The van der Waals surface area contributed by atoms with Crippen molar-refractivity contribution in [1.29, 1.82) is 0 Å². The molecule has 0 saturated carbocycles. The van der Waals surface area contributed by atoms with E-state index in [2.05, 4.69) is 46.1 Å². The summed E-state index contributed by atoms with van der Waals surface area (Å²) in [7, 11) is 0.